The van der Waals surface area contributed by atoms with Gasteiger partial charge in [0.25, 0.3) is 5.91 Å². The van der Waals surface area contributed by atoms with Gasteiger partial charge in [-0.3, -0.25) is 4.79 Å². The van der Waals surface area contributed by atoms with Crippen LogP contribution in [0.15, 0.2) is 77.0 Å². The lowest BCUT2D eigenvalue weighted by molar-refractivity contribution is 0.0940. The Kier molecular flexibility index (Phi) is 6.84. The molecule has 0 saturated carbocycles. The minimum absolute atomic E-state index is 0.0577. The van der Waals surface area contributed by atoms with E-state index in [1.54, 1.807) is 30.4 Å². The summed E-state index contributed by atoms with van der Waals surface area (Å²) in [7, 11) is -3.76. The van der Waals surface area contributed by atoms with Gasteiger partial charge in [0.1, 0.15) is 0 Å². The minimum atomic E-state index is -3.76. The van der Waals surface area contributed by atoms with E-state index in [9.17, 15) is 13.2 Å². The first kappa shape index (κ1) is 21.2. The van der Waals surface area contributed by atoms with E-state index in [0.29, 0.717) is 5.56 Å². The average molecular weight is 429 g/mol. The number of carbonyl (C=O) groups is 1. The van der Waals surface area contributed by atoms with Gasteiger partial charge in [0.2, 0.25) is 10.0 Å². The maximum absolute atomic E-state index is 12.8. The molecule has 1 amide bonds. The van der Waals surface area contributed by atoms with Gasteiger partial charge in [0.15, 0.2) is 0 Å². The first-order valence-electron chi connectivity index (χ1n) is 9.36. The molecule has 0 saturated heterocycles. The number of rotatable bonds is 8. The molecule has 5 nitrogen and oxygen atoms in total. The highest BCUT2D eigenvalue weighted by Crippen LogP contribution is 2.18. The Labute approximate surface area is 175 Å². The number of sulfonamides is 1. The predicted octanol–water partition coefficient (Wildman–Crippen LogP) is 4.15. The topological polar surface area (TPSA) is 75.3 Å². The zero-order valence-electron chi connectivity index (χ0n) is 16.3. The van der Waals surface area contributed by atoms with Crippen molar-refractivity contribution in [1.29, 1.82) is 0 Å². The van der Waals surface area contributed by atoms with Crippen molar-refractivity contribution in [3.05, 3.63) is 88.1 Å². The number of carbonyl (C=O) groups excluding carboxylic acids is 1. The lowest BCUT2D eigenvalue weighted by atomic mass is 10.1. The van der Waals surface area contributed by atoms with Crippen molar-refractivity contribution in [2.24, 2.45) is 0 Å². The van der Waals surface area contributed by atoms with Crippen molar-refractivity contribution in [2.75, 3.05) is 0 Å². The molecule has 0 aliphatic heterocycles. The summed E-state index contributed by atoms with van der Waals surface area (Å²) in [5.74, 6) is -0.290. The number of benzene rings is 2. The number of amides is 1. The molecule has 0 aliphatic carbocycles. The van der Waals surface area contributed by atoms with E-state index in [1.165, 1.54) is 17.0 Å². The van der Waals surface area contributed by atoms with Crippen LogP contribution in [0.1, 0.15) is 40.7 Å². The molecule has 0 radical (unpaired) electrons. The first-order chi connectivity index (χ1) is 13.8. The second-order valence-corrected chi connectivity index (χ2v) is 9.69. The number of hydrogen-bond acceptors (Lipinski definition) is 4. The fraction of sp³-hybridized carbons (Fsp3) is 0.227. The van der Waals surface area contributed by atoms with Gasteiger partial charge in [0, 0.05) is 28.9 Å². The molecule has 152 valence electrons. The smallest absolute Gasteiger partial charge is 0.251 e. The minimum Gasteiger partial charge on any atom is -0.349 e. The molecule has 2 atom stereocenters. The van der Waals surface area contributed by atoms with Gasteiger partial charge in [-0.2, -0.15) is 0 Å². The maximum atomic E-state index is 12.8. The molecule has 2 aromatic carbocycles. The molecule has 29 heavy (non-hydrogen) atoms. The fourth-order valence-corrected chi connectivity index (χ4v) is 5.12. The van der Waals surface area contributed by atoms with Crippen LogP contribution in [-0.4, -0.2) is 20.4 Å². The van der Waals surface area contributed by atoms with Crippen molar-refractivity contribution in [1.82, 2.24) is 10.0 Å². The van der Waals surface area contributed by atoms with E-state index in [1.807, 2.05) is 54.8 Å². The van der Waals surface area contributed by atoms with Gasteiger partial charge in [-0.15, -0.1) is 11.3 Å². The molecular formula is C22H24N2O3S2. The molecule has 2 N–H and O–H groups in total. The largest absolute Gasteiger partial charge is 0.349 e. The van der Waals surface area contributed by atoms with Crippen molar-refractivity contribution in [2.45, 2.75) is 37.2 Å². The van der Waals surface area contributed by atoms with Gasteiger partial charge in [0.05, 0.1) is 4.90 Å². The van der Waals surface area contributed by atoms with Gasteiger partial charge < -0.3 is 5.32 Å². The summed E-state index contributed by atoms with van der Waals surface area (Å²) in [6.45, 7) is 3.72. The third-order valence-corrected chi connectivity index (χ3v) is 6.94. The van der Waals surface area contributed by atoms with Crippen molar-refractivity contribution in [3.8, 4) is 0 Å². The molecule has 0 spiro atoms. The highest BCUT2D eigenvalue weighted by molar-refractivity contribution is 7.89. The van der Waals surface area contributed by atoms with Crippen LogP contribution in [-0.2, 0) is 16.4 Å². The van der Waals surface area contributed by atoms with Crippen LogP contribution >= 0.6 is 11.3 Å². The van der Waals surface area contributed by atoms with Gasteiger partial charge in [-0.05, 0) is 49.1 Å². The third kappa shape index (κ3) is 5.76. The summed E-state index contributed by atoms with van der Waals surface area (Å²) < 4.78 is 28.2. The lowest BCUT2D eigenvalue weighted by Gasteiger charge is -2.16. The Morgan fingerprint density at radius 2 is 1.76 bits per heavy atom. The molecule has 0 bridgehead atoms. The van der Waals surface area contributed by atoms with Crippen molar-refractivity contribution in [3.63, 3.8) is 0 Å². The van der Waals surface area contributed by atoms with E-state index in [0.717, 1.165) is 12.0 Å². The Hall–Kier alpha value is -2.48. The second kappa shape index (κ2) is 9.35. The molecular weight excluding hydrogens is 404 g/mol. The molecule has 3 aromatic rings. The van der Waals surface area contributed by atoms with Crippen molar-refractivity contribution < 1.29 is 13.2 Å². The number of nitrogens with one attached hydrogen (secondary N) is 2. The van der Waals surface area contributed by atoms with Crippen LogP contribution < -0.4 is 10.0 Å². The normalized spacial score (nSPS) is 13.6. The number of hydrogen-bond donors (Lipinski definition) is 2. The molecule has 1 heterocycles. The van der Waals surface area contributed by atoms with Crippen LogP contribution in [0.5, 0.6) is 0 Å². The third-order valence-electron chi connectivity index (χ3n) is 4.50. The highest BCUT2D eigenvalue weighted by Gasteiger charge is 2.20. The SMILES string of the molecule is CC(Cc1cccs1)NC(=O)c1cccc(S(=O)(=O)NC(C)c2ccccc2)c1. The van der Waals surface area contributed by atoms with E-state index in [4.69, 9.17) is 0 Å². The Balaban J connectivity index is 1.69. The Morgan fingerprint density at radius 1 is 1.00 bits per heavy atom. The lowest BCUT2D eigenvalue weighted by Crippen LogP contribution is -2.34. The summed E-state index contributed by atoms with van der Waals surface area (Å²) in [5, 5.41) is 4.93. The summed E-state index contributed by atoms with van der Waals surface area (Å²) >= 11 is 1.64. The molecule has 0 aliphatic rings. The van der Waals surface area contributed by atoms with Crippen LogP contribution in [0, 0.1) is 0 Å². The van der Waals surface area contributed by atoms with Crippen LogP contribution in [0.4, 0.5) is 0 Å². The predicted molar refractivity (Wildman–Crippen MR) is 117 cm³/mol. The molecule has 3 rings (SSSR count). The molecule has 2 unspecified atom stereocenters. The molecule has 7 heteroatoms. The highest BCUT2D eigenvalue weighted by atomic mass is 32.2. The van der Waals surface area contributed by atoms with Gasteiger partial charge in [-0.1, -0.05) is 42.5 Å². The van der Waals surface area contributed by atoms with E-state index >= 15 is 0 Å². The summed E-state index contributed by atoms with van der Waals surface area (Å²) in [5.41, 5.74) is 1.19. The first-order valence-corrected chi connectivity index (χ1v) is 11.7. The maximum Gasteiger partial charge on any atom is 0.251 e. The number of thiophene rings is 1. The van der Waals surface area contributed by atoms with Crippen LogP contribution in [0.25, 0.3) is 0 Å². The Bertz CT molecular complexity index is 1050. The summed E-state index contributed by atoms with van der Waals surface area (Å²) in [6.07, 6.45) is 0.734. The summed E-state index contributed by atoms with van der Waals surface area (Å²) in [6, 6.07) is 19.0. The van der Waals surface area contributed by atoms with Crippen LogP contribution in [0.3, 0.4) is 0 Å². The fourth-order valence-electron chi connectivity index (χ4n) is 3.00. The Morgan fingerprint density at radius 3 is 2.45 bits per heavy atom. The molecule has 1 aromatic heterocycles. The molecule has 0 fully saturated rings. The summed E-state index contributed by atoms with van der Waals surface area (Å²) in [4.78, 5) is 13.8. The van der Waals surface area contributed by atoms with Gasteiger partial charge >= 0.3 is 0 Å². The monoisotopic (exact) mass is 428 g/mol. The standard InChI is InChI=1S/C22H24N2O3S2/c1-16(14-20-11-7-13-28-20)23-22(25)19-10-6-12-21(15-19)29(26,27)24-17(2)18-8-4-3-5-9-18/h3-13,15-17,24H,14H2,1-2H3,(H,23,25). The average Bonchev–Trinajstić information content (AvgIpc) is 3.21. The van der Waals surface area contributed by atoms with Crippen LogP contribution in [0.2, 0.25) is 0 Å². The zero-order chi connectivity index (χ0) is 20.9. The zero-order valence-corrected chi connectivity index (χ0v) is 18.0. The quantitative estimate of drug-likeness (QED) is 0.566. The van der Waals surface area contributed by atoms with E-state index < -0.39 is 10.0 Å². The van der Waals surface area contributed by atoms with E-state index in [2.05, 4.69) is 10.0 Å². The van der Waals surface area contributed by atoms with Gasteiger partial charge in [-0.25, -0.2) is 13.1 Å². The van der Waals surface area contributed by atoms with E-state index in [-0.39, 0.29) is 22.9 Å². The van der Waals surface area contributed by atoms with Crippen molar-refractivity contribution >= 4 is 27.3 Å². The second-order valence-electron chi connectivity index (χ2n) is 6.94.